The zero-order chi connectivity index (χ0) is 21.5. The number of aliphatic hydroxyl groups is 1. The third-order valence-corrected chi connectivity index (χ3v) is 5.94. The minimum Gasteiger partial charge on any atom is -0.392 e. The number of nitrogens with zero attached hydrogens (tertiary/aromatic N) is 3. The van der Waals surface area contributed by atoms with E-state index < -0.39 is 0 Å². The van der Waals surface area contributed by atoms with Crippen LogP contribution < -0.4 is 10.9 Å². The molecule has 5 rings (SSSR count). The number of fused-ring (bicyclic) bond motifs is 4. The van der Waals surface area contributed by atoms with Gasteiger partial charge in [-0.25, -0.2) is 4.98 Å². The van der Waals surface area contributed by atoms with Gasteiger partial charge in [-0.1, -0.05) is 30.3 Å². The molecule has 1 fully saturated rings. The van der Waals surface area contributed by atoms with Crippen molar-refractivity contribution in [2.24, 2.45) is 0 Å². The standard InChI is InChI=1S/C24H24N4O3.ClH/c1-15(13-27-12-10-17(29)14-27)25-23(30)20-7-4-11-28-22(20)26-21-18-6-3-2-5-16(18)8-9-19(21)24(28)31;/h2-9,11,15,17,29H,10,12-14H2,1H3,(H,25,30);1H/t15-,17+;/m0./s1. The number of pyridine rings is 1. The molecular weight excluding hydrogens is 428 g/mol. The number of nitrogens with one attached hydrogen (secondary N) is 1. The summed E-state index contributed by atoms with van der Waals surface area (Å²) in [6.07, 6.45) is 2.11. The number of amides is 1. The summed E-state index contributed by atoms with van der Waals surface area (Å²) in [5.41, 5.74) is 1.11. The smallest absolute Gasteiger partial charge is 0.265 e. The molecule has 0 bridgehead atoms. The van der Waals surface area contributed by atoms with Crippen LogP contribution in [0, 0.1) is 0 Å². The van der Waals surface area contributed by atoms with Gasteiger partial charge in [-0.05, 0) is 36.9 Å². The predicted molar refractivity (Wildman–Crippen MR) is 128 cm³/mol. The Hall–Kier alpha value is -3.00. The number of carbonyl (C=O) groups excluding carboxylic acids is 1. The molecule has 0 spiro atoms. The minimum atomic E-state index is -0.292. The Morgan fingerprint density at radius 3 is 2.78 bits per heavy atom. The largest absolute Gasteiger partial charge is 0.392 e. The van der Waals surface area contributed by atoms with Gasteiger partial charge >= 0.3 is 0 Å². The van der Waals surface area contributed by atoms with Gasteiger partial charge < -0.3 is 10.4 Å². The van der Waals surface area contributed by atoms with E-state index in [2.05, 4.69) is 10.2 Å². The van der Waals surface area contributed by atoms with Gasteiger partial charge in [0.05, 0.1) is 22.6 Å². The highest BCUT2D eigenvalue weighted by molar-refractivity contribution is 6.07. The molecule has 2 atom stereocenters. The van der Waals surface area contributed by atoms with Gasteiger partial charge in [-0.15, -0.1) is 12.4 Å². The first-order valence-corrected chi connectivity index (χ1v) is 10.6. The Labute approximate surface area is 191 Å². The first-order chi connectivity index (χ1) is 15.0. The average Bonchev–Trinajstić information content (AvgIpc) is 3.17. The van der Waals surface area contributed by atoms with Crippen LogP contribution >= 0.6 is 12.4 Å². The molecule has 2 aromatic carbocycles. The van der Waals surface area contributed by atoms with Gasteiger partial charge in [0.1, 0.15) is 0 Å². The molecular formula is C24H25ClN4O3. The molecule has 0 radical (unpaired) electrons. The van der Waals surface area contributed by atoms with Crippen LogP contribution in [-0.2, 0) is 0 Å². The topological polar surface area (TPSA) is 86.9 Å². The van der Waals surface area contributed by atoms with E-state index in [0.717, 1.165) is 23.7 Å². The normalized spacial score (nSPS) is 17.5. The SMILES string of the molecule is C[C@@H](CN1CC[C@@H](O)C1)NC(=O)c1cccn2c(=O)c3ccc4ccccc4c3nc12.Cl. The van der Waals surface area contributed by atoms with Crippen LogP contribution in [-0.4, -0.2) is 57.1 Å². The van der Waals surface area contributed by atoms with E-state index in [1.54, 1.807) is 24.4 Å². The highest BCUT2D eigenvalue weighted by Crippen LogP contribution is 2.23. The Morgan fingerprint density at radius 1 is 1.19 bits per heavy atom. The summed E-state index contributed by atoms with van der Waals surface area (Å²) in [7, 11) is 0. The maximum absolute atomic E-state index is 13.2. The summed E-state index contributed by atoms with van der Waals surface area (Å²) < 4.78 is 1.44. The zero-order valence-corrected chi connectivity index (χ0v) is 18.5. The van der Waals surface area contributed by atoms with Gasteiger partial charge in [0.25, 0.3) is 11.5 Å². The Balaban J connectivity index is 0.00000245. The number of rotatable bonds is 4. The van der Waals surface area contributed by atoms with Gasteiger partial charge in [0.15, 0.2) is 5.65 Å². The monoisotopic (exact) mass is 452 g/mol. The molecule has 1 saturated heterocycles. The number of β-amino-alcohol motifs (C(OH)–C–C–N with tert-alkyl or cyclic N) is 1. The molecule has 1 aliphatic rings. The van der Waals surface area contributed by atoms with E-state index in [1.807, 2.05) is 37.3 Å². The summed E-state index contributed by atoms with van der Waals surface area (Å²) in [4.78, 5) is 33.1. The van der Waals surface area contributed by atoms with Crippen LogP contribution in [0.1, 0.15) is 23.7 Å². The van der Waals surface area contributed by atoms with Crippen molar-refractivity contribution in [2.45, 2.75) is 25.5 Å². The van der Waals surface area contributed by atoms with Gasteiger partial charge in [0, 0.05) is 37.3 Å². The number of benzene rings is 2. The van der Waals surface area contributed by atoms with E-state index in [-0.39, 0.29) is 36.0 Å². The van der Waals surface area contributed by atoms with Crippen molar-refractivity contribution >= 4 is 45.6 Å². The molecule has 32 heavy (non-hydrogen) atoms. The first kappa shape index (κ1) is 22.2. The van der Waals surface area contributed by atoms with Crippen LogP contribution in [0.3, 0.4) is 0 Å². The van der Waals surface area contributed by atoms with Crippen molar-refractivity contribution in [3.05, 3.63) is 70.6 Å². The first-order valence-electron chi connectivity index (χ1n) is 10.6. The molecule has 0 saturated carbocycles. The molecule has 3 heterocycles. The van der Waals surface area contributed by atoms with Crippen LogP contribution in [0.2, 0.25) is 0 Å². The van der Waals surface area contributed by atoms with Crippen LogP contribution in [0.5, 0.6) is 0 Å². The van der Waals surface area contributed by atoms with E-state index in [9.17, 15) is 14.7 Å². The quantitative estimate of drug-likeness (QED) is 0.367. The lowest BCUT2D eigenvalue weighted by molar-refractivity contribution is 0.0931. The number of aliphatic hydroxyl groups excluding tert-OH is 1. The summed E-state index contributed by atoms with van der Waals surface area (Å²) in [6, 6.07) is 14.8. The fourth-order valence-electron chi connectivity index (χ4n) is 4.45. The molecule has 4 aromatic rings. The minimum absolute atomic E-state index is 0. The van der Waals surface area contributed by atoms with E-state index in [0.29, 0.717) is 35.2 Å². The highest BCUT2D eigenvalue weighted by Gasteiger charge is 2.23. The molecule has 2 N–H and O–H groups in total. The second-order valence-electron chi connectivity index (χ2n) is 8.29. The molecule has 166 valence electrons. The summed E-state index contributed by atoms with van der Waals surface area (Å²) in [6.45, 7) is 4.06. The third kappa shape index (κ3) is 3.95. The van der Waals surface area contributed by atoms with Crippen LogP contribution in [0.4, 0.5) is 0 Å². The number of hydrogen-bond acceptors (Lipinski definition) is 5. The Kier molecular flexibility index (Phi) is 6.15. The highest BCUT2D eigenvalue weighted by atomic mass is 35.5. The maximum Gasteiger partial charge on any atom is 0.265 e. The fraction of sp³-hybridized carbons (Fsp3) is 0.292. The maximum atomic E-state index is 13.2. The lowest BCUT2D eigenvalue weighted by atomic mass is 10.1. The van der Waals surface area contributed by atoms with E-state index in [4.69, 9.17) is 4.98 Å². The number of hydrogen-bond donors (Lipinski definition) is 2. The average molecular weight is 453 g/mol. The van der Waals surface area contributed by atoms with Crippen molar-refractivity contribution < 1.29 is 9.90 Å². The Bertz CT molecular complexity index is 1370. The van der Waals surface area contributed by atoms with Crippen molar-refractivity contribution in [1.82, 2.24) is 19.6 Å². The molecule has 2 aromatic heterocycles. The van der Waals surface area contributed by atoms with Crippen molar-refractivity contribution in [3.63, 3.8) is 0 Å². The Morgan fingerprint density at radius 2 is 2.00 bits per heavy atom. The predicted octanol–water partition coefficient (Wildman–Crippen LogP) is 2.61. The molecule has 0 aliphatic carbocycles. The van der Waals surface area contributed by atoms with Gasteiger partial charge in [-0.2, -0.15) is 0 Å². The molecule has 1 aliphatic heterocycles. The van der Waals surface area contributed by atoms with E-state index in [1.165, 1.54) is 4.40 Å². The van der Waals surface area contributed by atoms with Gasteiger partial charge in [0.2, 0.25) is 0 Å². The zero-order valence-electron chi connectivity index (χ0n) is 17.7. The number of likely N-dealkylation sites (tertiary alicyclic amines) is 1. The van der Waals surface area contributed by atoms with Crippen molar-refractivity contribution in [1.29, 1.82) is 0 Å². The summed E-state index contributed by atoms with van der Waals surface area (Å²) in [5.74, 6) is -0.267. The van der Waals surface area contributed by atoms with Crippen LogP contribution in [0.25, 0.3) is 27.3 Å². The van der Waals surface area contributed by atoms with Crippen LogP contribution in [0.15, 0.2) is 59.5 Å². The van der Waals surface area contributed by atoms with Crippen molar-refractivity contribution in [3.8, 4) is 0 Å². The van der Waals surface area contributed by atoms with Crippen molar-refractivity contribution in [2.75, 3.05) is 19.6 Å². The lowest BCUT2D eigenvalue weighted by Crippen LogP contribution is -2.41. The third-order valence-electron chi connectivity index (χ3n) is 5.94. The second kappa shape index (κ2) is 8.86. The van der Waals surface area contributed by atoms with Gasteiger partial charge in [-0.3, -0.25) is 18.9 Å². The summed E-state index contributed by atoms with van der Waals surface area (Å²) >= 11 is 0. The number of aromatic nitrogens is 2. The number of halogens is 1. The molecule has 0 unspecified atom stereocenters. The fourth-order valence-corrected chi connectivity index (χ4v) is 4.45. The number of carbonyl (C=O) groups is 1. The van der Waals surface area contributed by atoms with E-state index >= 15 is 0 Å². The second-order valence-corrected chi connectivity index (χ2v) is 8.29. The lowest BCUT2D eigenvalue weighted by Gasteiger charge is -2.21. The molecule has 7 nitrogen and oxygen atoms in total. The molecule has 1 amide bonds. The summed E-state index contributed by atoms with van der Waals surface area (Å²) in [5, 5.41) is 15.1. The molecule has 8 heteroatoms.